The van der Waals surface area contributed by atoms with Crippen molar-refractivity contribution in [2.75, 3.05) is 26.8 Å². The summed E-state index contributed by atoms with van der Waals surface area (Å²) in [6, 6.07) is 0.985. The molecule has 1 N–H and O–H groups in total. The van der Waals surface area contributed by atoms with E-state index in [0.717, 1.165) is 44.5 Å². The summed E-state index contributed by atoms with van der Waals surface area (Å²) in [7, 11) is 1.78. The smallest absolute Gasteiger partial charge is 0.407 e. The summed E-state index contributed by atoms with van der Waals surface area (Å²) in [4.78, 5) is 14.3. The number of hydrogen-bond acceptors (Lipinski definition) is 4. The summed E-state index contributed by atoms with van der Waals surface area (Å²) < 4.78 is 10.5. The minimum Gasteiger partial charge on any atom is -0.444 e. The number of hydrogen-bond donors (Lipinski definition) is 1. The molecule has 1 saturated carbocycles. The van der Waals surface area contributed by atoms with Crippen LogP contribution in [0.4, 0.5) is 4.79 Å². The second-order valence-electron chi connectivity index (χ2n) is 7.40. The van der Waals surface area contributed by atoms with Gasteiger partial charge in [0.1, 0.15) is 5.60 Å². The van der Waals surface area contributed by atoms with Crippen LogP contribution in [-0.4, -0.2) is 55.5 Å². The number of carbonyl (C=O) groups is 1. The number of ether oxygens (including phenoxy) is 2. The first-order valence-corrected chi connectivity index (χ1v) is 8.10. The normalized spacial score (nSPS) is 28.0. The molecule has 21 heavy (non-hydrogen) atoms. The Balaban J connectivity index is 1.64. The standard InChI is InChI=1S/C16H30N2O3/c1-16(2,3)21-15(19)17-13-5-7-18(8-6-13)14-9-12(10-14)11-20-4/h12-14H,5-11H2,1-4H3,(H,17,19). The molecule has 2 rings (SSSR count). The van der Waals surface area contributed by atoms with Crippen LogP contribution in [0, 0.1) is 5.92 Å². The van der Waals surface area contributed by atoms with Gasteiger partial charge in [-0.05, 0) is 52.4 Å². The topological polar surface area (TPSA) is 50.8 Å². The molecule has 0 aromatic rings. The number of rotatable bonds is 4. The van der Waals surface area contributed by atoms with Gasteiger partial charge in [0.2, 0.25) is 0 Å². The fraction of sp³-hybridized carbons (Fsp3) is 0.938. The number of methoxy groups -OCH3 is 1. The lowest BCUT2D eigenvalue weighted by atomic mass is 9.79. The van der Waals surface area contributed by atoms with Crippen molar-refractivity contribution in [3.05, 3.63) is 0 Å². The summed E-state index contributed by atoms with van der Waals surface area (Å²) >= 11 is 0. The van der Waals surface area contributed by atoms with Crippen molar-refractivity contribution < 1.29 is 14.3 Å². The minimum absolute atomic E-state index is 0.256. The molecule has 1 aliphatic carbocycles. The van der Waals surface area contributed by atoms with Crippen molar-refractivity contribution in [3.8, 4) is 0 Å². The number of alkyl carbamates (subject to hydrolysis) is 1. The second-order valence-corrected chi connectivity index (χ2v) is 7.40. The Morgan fingerprint density at radius 3 is 2.38 bits per heavy atom. The second kappa shape index (κ2) is 6.97. The van der Waals surface area contributed by atoms with Gasteiger partial charge in [-0.3, -0.25) is 0 Å². The van der Waals surface area contributed by atoms with Crippen LogP contribution in [0.15, 0.2) is 0 Å². The molecule has 2 fully saturated rings. The Morgan fingerprint density at radius 2 is 1.86 bits per heavy atom. The minimum atomic E-state index is -0.424. The van der Waals surface area contributed by atoms with Gasteiger partial charge in [-0.2, -0.15) is 0 Å². The summed E-state index contributed by atoms with van der Waals surface area (Å²) in [6.45, 7) is 8.72. The maximum absolute atomic E-state index is 11.8. The lowest BCUT2D eigenvalue weighted by Gasteiger charge is -2.45. The van der Waals surface area contributed by atoms with Crippen molar-refractivity contribution in [1.29, 1.82) is 0 Å². The maximum atomic E-state index is 11.8. The Kier molecular flexibility index (Phi) is 5.49. The zero-order valence-corrected chi connectivity index (χ0v) is 13.9. The summed E-state index contributed by atoms with van der Waals surface area (Å²) in [5.41, 5.74) is -0.424. The molecule has 5 heteroatoms. The number of piperidine rings is 1. The van der Waals surface area contributed by atoms with E-state index in [2.05, 4.69) is 10.2 Å². The molecule has 0 atom stereocenters. The number of carbonyl (C=O) groups excluding carboxylic acids is 1. The molecule has 0 unspecified atom stereocenters. The van der Waals surface area contributed by atoms with Gasteiger partial charge in [0.05, 0.1) is 0 Å². The molecule has 0 aromatic carbocycles. The van der Waals surface area contributed by atoms with Crippen molar-refractivity contribution in [1.82, 2.24) is 10.2 Å². The number of amides is 1. The van der Waals surface area contributed by atoms with Crippen LogP contribution in [0.5, 0.6) is 0 Å². The van der Waals surface area contributed by atoms with E-state index in [4.69, 9.17) is 9.47 Å². The van der Waals surface area contributed by atoms with Crippen molar-refractivity contribution in [3.63, 3.8) is 0 Å². The van der Waals surface area contributed by atoms with Crippen LogP contribution >= 0.6 is 0 Å². The molecule has 2 aliphatic rings. The third kappa shape index (κ3) is 5.15. The highest BCUT2D eigenvalue weighted by atomic mass is 16.6. The van der Waals surface area contributed by atoms with Gasteiger partial charge in [-0.15, -0.1) is 0 Å². The molecule has 5 nitrogen and oxygen atoms in total. The molecule has 0 bridgehead atoms. The van der Waals surface area contributed by atoms with Gasteiger partial charge < -0.3 is 19.7 Å². The third-order valence-electron chi connectivity index (χ3n) is 4.38. The SMILES string of the molecule is COCC1CC(N2CCC(NC(=O)OC(C)(C)C)CC2)C1. The van der Waals surface area contributed by atoms with Crippen LogP contribution in [0.2, 0.25) is 0 Å². The van der Waals surface area contributed by atoms with Crippen LogP contribution in [0.3, 0.4) is 0 Å². The van der Waals surface area contributed by atoms with Crippen molar-refractivity contribution in [2.45, 2.75) is 64.1 Å². The summed E-state index contributed by atoms with van der Waals surface area (Å²) in [5, 5.41) is 2.99. The Labute approximate surface area is 128 Å². The molecule has 122 valence electrons. The highest BCUT2D eigenvalue weighted by Gasteiger charge is 2.35. The van der Waals surface area contributed by atoms with E-state index in [0.29, 0.717) is 0 Å². The highest BCUT2D eigenvalue weighted by Crippen LogP contribution is 2.33. The Bertz CT molecular complexity index is 340. The molecular weight excluding hydrogens is 268 g/mol. The molecule has 1 amide bonds. The average molecular weight is 298 g/mol. The lowest BCUT2D eigenvalue weighted by Crippen LogP contribution is -2.52. The highest BCUT2D eigenvalue weighted by molar-refractivity contribution is 5.68. The monoisotopic (exact) mass is 298 g/mol. The molecule has 1 aliphatic heterocycles. The molecule has 0 aromatic heterocycles. The largest absolute Gasteiger partial charge is 0.444 e. The summed E-state index contributed by atoms with van der Waals surface area (Å²) in [6.07, 6.45) is 4.27. The van der Waals surface area contributed by atoms with E-state index in [1.165, 1.54) is 12.8 Å². The number of nitrogens with one attached hydrogen (secondary N) is 1. The van der Waals surface area contributed by atoms with Crippen LogP contribution in [0.25, 0.3) is 0 Å². The van der Waals surface area contributed by atoms with E-state index < -0.39 is 5.60 Å². The van der Waals surface area contributed by atoms with Gasteiger partial charge in [0.15, 0.2) is 0 Å². The van der Waals surface area contributed by atoms with E-state index in [9.17, 15) is 4.79 Å². The van der Waals surface area contributed by atoms with Gasteiger partial charge in [-0.1, -0.05) is 0 Å². The number of likely N-dealkylation sites (tertiary alicyclic amines) is 1. The molecule has 0 spiro atoms. The van der Waals surface area contributed by atoms with E-state index in [1.807, 2.05) is 20.8 Å². The first-order chi connectivity index (χ1) is 9.87. The first-order valence-electron chi connectivity index (χ1n) is 8.10. The van der Waals surface area contributed by atoms with E-state index in [-0.39, 0.29) is 12.1 Å². The van der Waals surface area contributed by atoms with Crippen LogP contribution < -0.4 is 5.32 Å². The lowest BCUT2D eigenvalue weighted by molar-refractivity contribution is 0.0143. The predicted octanol–water partition coefficient (Wildman–Crippen LogP) is 2.40. The van der Waals surface area contributed by atoms with Crippen LogP contribution in [-0.2, 0) is 9.47 Å². The van der Waals surface area contributed by atoms with E-state index in [1.54, 1.807) is 7.11 Å². The fourth-order valence-corrected chi connectivity index (χ4v) is 3.25. The van der Waals surface area contributed by atoms with Crippen molar-refractivity contribution >= 4 is 6.09 Å². The van der Waals surface area contributed by atoms with Crippen LogP contribution in [0.1, 0.15) is 46.5 Å². The fourth-order valence-electron chi connectivity index (χ4n) is 3.25. The quantitative estimate of drug-likeness (QED) is 0.866. The zero-order valence-electron chi connectivity index (χ0n) is 13.9. The van der Waals surface area contributed by atoms with Crippen molar-refractivity contribution in [2.24, 2.45) is 5.92 Å². The Morgan fingerprint density at radius 1 is 1.24 bits per heavy atom. The molecule has 0 radical (unpaired) electrons. The summed E-state index contributed by atoms with van der Waals surface area (Å²) in [5.74, 6) is 0.748. The van der Waals surface area contributed by atoms with Gasteiger partial charge in [-0.25, -0.2) is 4.79 Å². The number of nitrogens with zero attached hydrogens (tertiary/aromatic N) is 1. The maximum Gasteiger partial charge on any atom is 0.407 e. The molecule has 1 heterocycles. The first kappa shape index (κ1) is 16.6. The third-order valence-corrected chi connectivity index (χ3v) is 4.38. The van der Waals surface area contributed by atoms with Gasteiger partial charge >= 0.3 is 6.09 Å². The van der Waals surface area contributed by atoms with E-state index >= 15 is 0 Å². The Hall–Kier alpha value is -0.810. The average Bonchev–Trinajstić information content (AvgIpc) is 2.32. The van der Waals surface area contributed by atoms with Gasteiger partial charge in [0, 0.05) is 38.9 Å². The molecular formula is C16H30N2O3. The predicted molar refractivity (Wildman–Crippen MR) is 82.4 cm³/mol. The zero-order chi connectivity index (χ0) is 15.5. The molecule has 1 saturated heterocycles. The van der Waals surface area contributed by atoms with Gasteiger partial charge in [0.25, 0.3) is 0 Å².